The Bertz CT molecular complexity index is 333. The Labute approximate surface area is 103 Å². The summed E-state index contributed by atoms with van der Waals surface area (Å²) < 4.78 is 2.21. The third-order valence-electron chi connectivity index (χ3n) is 3.26. The van der Waals surface area contributed by atoms with Gasteiger partial charge in [-0.25, -0.2) is 4.98 Å². The van der Waals surface area contributed by atoms with Crippen molar-refractivity contribution in [1.29, 1.82) is 0 Å². The fourth-order valence-corrected chi connectivity index (χ4v) is 2.10. The normalized spacial score (nSPS) is 17.3. The smallest absolute Gasteiger partial charge is 0.108 e. The summed E-state index contributed by atoms with van der Waals surface area (Å²) in [5.74, 6) is 1.16. The number of aryl methyl sites for hydroxylation is 2. The lowest BCUT2D eigenvalue weighted by atomic mass is 10.2. The topological polar surface area (TPSA) is 50.1 Å². The van der Waals surface area contributed by atoms with Crippen LogP contribution in [-0.4, -0.2) is 33.3 Å². The molecular formula is C13H23N3O. The second-order valence-electron chi connectivity index (χ2n) is 4.90. The fraction of sp³-hybridized carbons (Fsp3) is 0.769. The highest BCUT2D eigenvalue weighted by molar-refractivity contribution is 4.93. The van der Waals surface area contributed by atoms with E-state index >= 15 is 0 Å². The van der Waals surface area contributed by atoms with Gasteiger partial charge in [-0.05, 0) is 25.7 Å². The zero-order valence-corrected chi connectivity index (χ0v) is 10.6. The van der Waals surface area contributed by atoms with Crippen LogP contribution in [0, 0.1) is 0 Å². The van der Waals surface area contributed by atoms with Crippen molar-refractivity contribution in [2.45, 2.75) is 57.7 Å². The number of nitrogens with one attached hydrogen (secondary N) is 1. The lowest BCUT2D eigenvalue weighted by Gasteiger charge is -2.16. The summed E-state index contributed by atoms with van der Waals surface area (Å²) >= 11 is 0. The lowest BCUT2D eigenvalue weighted by molar-refractivity contribution is 0.229. The number of imidazole rings is 1. The first-order valence-electron chi connectivity index (χ1n) is 6.70. The van der Waals surface area contributed by atoms with Crippen molar-refractivity contribution in [2.75, 3.05) is 6.61 Å². The molecule has 1 aromatic rings. The van der Waals surface area contributed by atoms with Crippen molar-refractivity contribution in [1.82, 2.24) is 14.9 Å². The van der Waals surface area contributed by atoms with Crippen molar-refractivity contribution >= 4 is 0 Å². The SMILES string of the molecule is CCCc1nccn1CCC(CO)NC1CC1. The summed E-state index contributed by atoms with van der Waals surface area (Å²) in [5, 5.41) is 12.8. The van der Waals surface area contributed by atoms with Gasteiger partial charge in [0, 0.05) is 37.4 Å². The molecule has 0 spiro atoms. The Morgan fingerprint density at radius 2 is 2.41 bits per heavy atom. The average Bonchev–Trinajstić information content (AvgIpc) is 3.05. The Kier molecular flexibility index (Phi) is 4.57. The molecule has 96 valence electrons. The van der Waals surface area contributed by atoms with Crippen LogP contribution in [0.5, 0.6) is 0 Å². The quantitative estimate of drug-likeness (QED) is 0.717. The molecule has 0 aromatic carbocycles. The molecule has 1 fully saturated rings. The zero-order chi connectivity index (χ0) is 12.1. The number of hydrogen-bond acceptors (Lipinski definition) is 3. The predicted octanol–water partition coefficient (Wildman–Crippen LogP) is 1.34. The maximum Gasteiger partial charge on any atom is 0.108 e. The van der Waals surface area contributed by atoms with Crippen molar-refractivity contribution in [3.63, 3.8) is 0 Å². The van der Waals surface area contributed by atoms with Gasteiger partial charge < -0.3 is 15.0 Å². The Hall–Kier alpha value is -0.870. The molecule has 0 bridgehead atoms. The van der Waals surface area contributed by atoms with Gasteiger partial charge in [0.25, 0.3) is 0 Å². The van der Waals surface area contributed by atoms with Gasteiger partial charge >= 0.3 is 0 Å². The third-order valence-corrected chi connectivity index (χ3v) is 3.26. The summed E-state index contributed by atoms with van der Waals surface area (Å²) in [6.45, 7) is 3.35. The minimum atomic E-state index is 0.230. The number of aromatic nitrogens is 2. The van der Waals surface area contributed by atoms with Crippen molar-refractivity contribution in [3.05, 3.63) is 18.2 Å². The maximum absolute atomic E-state index is 9.32. The van der Waals surface area contributed by atoms with Crippen LogP contribution in [0.2, 0.25) is 0 Å². The minimum Gasteiger partial charge on any atom is -0.395 e. The van der Waals surface area contributed by atoms with Crippen molar-refractivity contribution in [3.8, 4) is 0 Å². The van der Waals surface area contributed by atoms with Gasteiger partial charge in [0.1, 0.15) is 5.82 Å². The largest absolute Gasteiger partial charge is 0.395 e. The van der Waals surface area contributed by atoms with E-state index in [1.807, 2.05) is 12.4 Å². The van der Waals surface area contributed by atoms with E-state index in [9.17, 15) is 5.11 Å². The maximum atomic E-state index is 9.32. The summed E-state index contributed by atoms with van der Waals surface area (Å²) in [6.07, 6.45) is 9.57. The molecule has 2 rings (SSSR count). The van der Waals surface area contributed by atoms with E-state index in [1.54, 1.807) is 0 Å². The Morgan fingerprint density at radius 3 is 3.06 bits per heavy atom. The summed E-state index contributed by atoms with van der Waals surface area (Å²) in [4.78, 5) is 4.36. The molecule has 1 aliphatic carbocycles. The minimum absolute atomic E-state index is 0.230. The molecule has 4 heteroatoms. The molecule has 1 atom stereocenters. The van der Waals surface area contributed by atoms with Gasteiger partial charge in [0.2, 0.25) is 0 Å². The van der Waals surface area contributed by atoms with E-state index in [4.69, 9.17) is 0 Å². The fourth-order valence-electron chi connectivity index (χ4n) is 2.10. The number of aliphatic hydroxyl groups excluding tert-OH is 1. The van der Waals surface area contributed by atoms with Crippen LogP contribution in [0.3, 0.4) is 0 Å². The molecule has 1 saturated carbocycles. The highest BCUT2D eigenvalue weighted by Gasteiger charge is 2.24. The van der Waals surface area contributed by atoms with E-state index in [-0.39, 0.29) is 12.6 Å². The molecule has 0 aliphatic heterocycles. The van der Waals surface area contributed by atoms with E-state index in [0.29, 0.717) is 6.04 Å². The predicted molar refractivity (Wildman–Crippen MR) is 67.9 cm³/mol. The van der Waals surface area contributed by atoms with Gasteiger partial charge in [0.05, 0.1) is 6.61 Å². The first-order chi connectivity index (χ1) is 8.33. The van der Waals surface area contributed by atoms with E-state index in [0.717, 1.165) is 31.6 Å². The highest BCUT2D eigenvalue weighted by Crippen LogP contribution is 2.20. The monoisotopic (exact) mass is 237 g/mol. The second kappa shape index (κ2) is 6.17. The lowest BCUT2D eigenvalue weighted by Crippen LogP contribution is -2.35. The Balaban J connectivity index is 1.80. The number of hydrogen-bond donors (Lipinski definition) is 2. The summed E-state index contributed by atoms with van der Waals surface area (Å²) in [7, 11) is 0. The first-order valence-corrected chi connectivity index (χ1v) is 6.70. The van der Waals surface area contributed by atoms with E-state index in [1.165, 1.54) is 12.8 Å². The molecule has 1 aromatic heterocycles. The standard InChI is InChI=1S/C13H23N3O/c1-2-3-13-14-7-9-16(13)8-6-12(10-17)15-11-4-5-11/h7,9,11-12,15,17H,2-6,8,10H2,1H3. The van der Waals surface area contributed by atoms with Gasteiger partial charge in [-0.1, -0.05) is 6.92 Å². The van der Waals surface area contributed by atoms with E-state index < -0.39 is 0 Å². The van der Waals surface area contributed by atoms with Crippen LogP contribution < -0.4 is 5.32 Å². The zero-order valence-electron chi connectivity index (χ0n) is 10.6. The molecular weight excluding hydrogens is 214 g/mol. The highest BCUT2D eigenvalue weighted by atomic mass is 16.3. The van der Waals surface area contributed by atoms with Gasteiger partial charge in [-0.2, -0.15) is 0 Å². The van der Waals surface area contributed by atoms with Crippen LogP contribution >= 0.6 is 0 Å². The molecule has 0 amide bonds. The van der Waals surface area contributed by atoms with Crippen LogP contribution in [0.25, 0.3) is 0 Å². The molecule has 2 N–H and O–H groups in total. The van der Waals surface area contributed by atoms with Crippen LogP contribution in [0.1, 0.15) is 38.4 Å². The third kappa shape index (κ3) is 3.82. The van der Waals surface area contributed by atoms with Gasteiger partial charge in [-0.15, -0.1) is 0 Å². The molecule has 4 nitrogen and oxygen atoms in total. The van der Waals surface area contributed by atoms with E-state index in [2.05, 4.69) is 21.8 Å². The van der Waals surface area contributed by atoms with Gasteiger partial charge in [-0.3, -0.25) is 0 Å². The number of aliphatic hydroxyl groups is 1. The van der Waals surface area contributed by atoms with Crippen molar-refractivity contribution in [2.24, 2.45) is 0 Å². The summed E-state index contributed by atoms with van der Waals surface area (Å²) in [6, 6.07) is 0.893. The molecule has 0 saturated heterocycles. The van der Waals surface area contributed by atoms with Crippen LogP contribution in [0.4, 0.5) is 0 Å². The molecule has 1 unspecified atom stereocenters. The number of rotatable bonds is 8. The molecule has 0 radical (unpaired) electrons. The molecule has 1 aliphatic rings. The average molecular weight is 237 g/mol. The van der Waals surface area contributed by atoms with Crippen molar-refractivity contribution < 1.29 is 5.11 Å². The second-order valence-corrected chi connectivity index (χ2v) is 4.90. The first kappa shape index (κ1) is 12.6. The molecule has 1 heterocycles. The number of nitrogens with zero attached hydrogens (tertiary/aromatic N) is 2. The Morgan fingerprint density at radius 1 is 1.59 bits per heavy atom. The van der Waals surface area contributed by atoms with Gasteiger partial charge in [0.15, 0.2) is 0 Å². The van der Waals surface area contributed by atoms with Crippen LogP contribution in [-0.2, 0) is 13.0 Å². The van der Waals surface area contributed by atoms with Crippen LogP contribution in [0.15, 0.2) is 12.4 Å². The summed E-state index contributed by atoms with van der Waals surface area (Å²) in [5.41, 5.74) is 0. The molecule has 17 heavy (non-hydrogen) atoms.